The van der Waals surface area contributed by atoms with Crippen LogP contribution in [-0.4, -0.2) is 10.9 Å². The first-order valence-electron chi connectivity index (χ1n) is 7.72. The number of hydrogen-bond acceptors (Lipinski definition) is 5. The number of hydrogen-bond donors (Lipinski definition) is 0. The van der Waals surface area contributed by atoms with E-state index >= 15 is 0 Å². The van der Waals surface area contributed by atoms with Crippen LogP contribution in [0.1, 0.15) is 10.4 Å². The zero-order chi connectivity index (χ0) is 20.3. The van der Waals surface area contributed by atoms with Crippen molar-refractivity contribution in [1.29, 1.82) is 0 Å². The van der Waals surface area contributed by atoms with E-state index in [2.05, 4.69) is 0 Å². The topological polar surface area (TPSA) is 78.7 Å². The first-order chi connectivity index (χ1) is 13.3. The standard InChI is InChI=1S/C19H10Cl3NO5/c20-12-3-7-16(15(22)9-12)27-17-8-4-13(21)10-18(17)28-19(24)11-1-5-14(6-2-11)23(25)26/h1-10H. The molecule has 0 heterocycles. The lowest BCUT2D eigenvalue weighted by Gasteiger charge is -2.13. The normalized spacial score (nSPS) is 10.4. The van der Waals surface area contributed by atoms with Gasteiger partial charge in [-0.1, -0.05) is 34.8 Å². The fourth-order valence-electron chi connectivity index (χ4n) is 2.20. The summed E-state index contributed by atoms with van der Waals surface area (Å²) < 4.78 is 11.1. The van der Waals surface area contributed by atoms with E-state index in [1.54, 1.807) is 18.2 Å². The number of non-ortho nitro benzene ring substituents is 1. The zero-order valence-electron chi connectivity index (χ0n) is 13.9. The SMILES string of the molecule is O=C(Oc1cc(Cl)ccc1Oc1ccc(Cl)cc1Cl)c1ccc([N+](=O)[O-])cc1. The van der Waals surface area contributed by atoms with Gasteiger partial charge >= 0.3 is 5.97 Å². The van der Waals surface area contributed by atoms with Crippen LogP contribution in [0.5, 0.6) is 17.2 Å². The van der Waals surface area contributed by atoms with Gasteiger partial charge in [0.2, 0.25) is 0 Å². The maximum absolute atomic E-state index is 12.4. The highest BCUT2D eigenvalue weighted by Gasteiger charge is 2.16. The maximum atomic E-state index is 12.4. The molecule has 0 aliphatic carbocycles. The lowest BCUT2D eigenvalue weighted by molar-refractivity contribution is -0.384. The van der Waals surface area contributed by atoms with E-state index in [1.807, 2.05) is 0 Å². The predicted octanol–water partition coefficient (Wildman–Crippen LogP) is 6.57. The highest BCUT2D eigenvalue weighted by Crippen LogP contribution is 2.38. The molecule has 3 aromatic rings. The van der Waals surface area contributed by atoms with Gasteiger partial charge in [-0.3, -0.25) is 10.1 Å². The summed E-state index contributed by atoms with van der Waals surface area (Å²) in [6.45, 7) is 0. The highest BCUT2D eigenvalue weighted by molar-refractivity contribution is 6.35. The van der Waals surface area contributed by atoms with Crippen LogP contribution in [0.15, 0.2) is 60.7 Å². The predicted molar refractivity (Wildman–Crippen MR) is 106 cm³/mol. The Morgan fingerprint density at radius 3 is 2.04 bits per heavy atom. The molecule has 3 aromatic carbocycles. The molecule has 0 amide bonds. The minimum absolute atomic E-state index is 0.0573. The molecule has 0 saturated heterocycles. The number of esters is 1. The fourth-order valence-corrected chi connectivity index (χ4v) is 2.81. The zero-order valence-corrected chi connectivity index (χ0v) is 16.2. The Kier molecular flexibility index (Phi) is 6.04. The number of nitrogens with zero attached hydrogens (tertiary/aromatic N) is 1. The Morgan fingerprint density at radius 2 is 1.43 bits per heavy atom. The number of rotatable bonds is 5. The number of halogens is 3. The van der Waals surface area contributed by atoms with Crippen LogP contribution in [0.25, 0.3) is 0 Å². The second kappa shape index (κ2) is 8.48. The molecule has 0 radical (unpaired) electrons. The maximum Gasteiger partial charge on any atom is 0.343 e. The molecule has 9 heteroatoms. The summed E-state index contributed by atoms with van der Waals surface area (Å²) in [7, 11) is 0. The van der Waals surface area contributed by atoms with Crippen LogP contribution < -0.4 is 9.47 Å². The quantitative estimate of drug-likeness (QED) is 0.195. The third-order valence-electron chi connectivity index (χ3n) is 3.54. The molecule has 0 bridgehead atoms. The number of carbonyl (C=O) groups excluding carboxylic acids is 1. The average Bonchev–Trinajstić information content (AvgIpc) is 2.66. The molecule has 0 N–H and O–H groups in total. The van der Waals surface area contributed by atoms with Gasteiger partial charge < -0.3 is 9.47 Å². The lowest BCUT2D eigenvalue weighted by atomic mass is 10.2. The summed E-state index contributed by atoms with van der Waals surface area (Å²) in [5.74, 6) is -0.170. The van der Waals surface area contributed by atoms with Gasteiger partial charge in [-0.05, 0) is 42.5 Å². The fraction of sp³-hybridized carbons (Fsp3) is 0. The van der Waals surface area contributed by atoms with Crippen molar-refractivity contribution in [1.82, 2.24) is 0 Å². The largest absolute Gasteiger partial charge is 0.452 e. The van der Waals surface area contributed by atoms with Crippen LogP contribution in [0.3, 0.4) is 0 Å². The van der Waals surface area contributed by atoms with E-state index in [0.29, 0.717) is 15.8 Å². The first kappa shape index (κ1) is 19.9. The van der Waals surface area contributed by atoms with Crippen LogP contribution in [-0.2, 0) is 0 Å². The Labute approximate surface area is 174 Å². The molecular weight excluding hydrogens is 429 g/mol. The second-order valence-electron chi connectivity index (χ2n) is 5.46. The molecule has 28 heavy (non-hydrogen) atoms. The highest BCUT2D eigenvalue weighted by atomic mass is 35.5. The number of nitro benzene ring substituents is 1. The van der Waals surface area contributed by atoms with Crippen molar-refractivity contribution in [3.63, 3.8) is 0 Å². The monoisotopic (exact) mass is 437 g/mol. The summed E-state index contributed by atoms with van der Waals surface area (Å²) in [5.41, 5.74) is -0.0123. The number of nitro groups is 1. The van der Waals surface area contributed by atoms with Crippen molar-refractivity contribution < 1.29 is 19.2 Å². The average molecular weight is 439 g/mol. The van der Waals surface area contributed by atoms with Gasteiger partial charge in [-0.25, -0.2) is 4.79 Å². The van der Waals surface area contributed by atoms with Gasteiger partial charge in [0.05, 0.1) is 15.5 Å². The van der Waals surface area contributed by atoms with E-state index in [-0.39, 0.29) is 27.8 Å². The minimum Gasteiger partial charge on any atom is -0.452 e. The smallest absolute Gasteiger partial charge is 0.343 e. The number of carbonyl (C=O) groups is 1. The van der Waals surface area contributed by atoms with Crippen molar-refractivity contribution in [2.45, 2.75) is 0 Å². The summed E-state index contributed by atoms with van der Waals surface area (Å²) in [5, 5.41) is 11.8. The van der Waals surface area contributed by atoms with Gasteiger partial charge in [0, 0.05) is 28.2 Å². The van der Waals surface area contributed by atoms with E-state index in [0.717, 1.165) is 0 Å². The van der Waals surface area contributed by atoms with E-state index < -0.39 is 10.9 Å². The number of benzene rings is 3. The van der Waals surface area contributed by atoms with Crippen molar-refractivity contribution in [2.75, 3.05) is 0 Å². The van der Waals surface area contributed by atoms with Crippen LogP contribution in [0.2, 0.25) is 15.1 Å². The summed E-state index contributed by atoms with van der Waals surface area (Å²) in [6.07, 6.45) is 0. The van der Waals surface area contributed by atoms with Gasteiger partial charge in [0.1, 0.15) is 5.75 Å². The van der Waals surface area contributed by atoms with Gasteiger partial charge in [-0.15, -0.1) is 0 Å². The van der Waals surface area contributed by atoms with Crippen LogP contribution in [0.4, 0.5) is 5.69 Å². The Hall–Kier alpha value is -2.80. The lowest BCUT2D eigenvalue weighted by Crippen LogP contribution is -2.09. The molecular formula is C19H10Cl3NO5. The van der Waals surface area contributed by atoms with E-state index in [4.69, 9.17) is 44.3 Å². The second-order valence-corrected chi connectivity index (χ2v) is 6.74. The third kappa shape index (κ3) is 4.72. The molecule has 3 rings (SSSR count). The van der Waals surface area contributed by atoms with Gasteiger partial charge in [0.25, 0.3) is 5.69 Å². The van der Waals surface area contributed by atoms with Crippen molar-refractivity contribution in [3.05, 3.63) is 91.4 Å². The first-order valence-corrected chi connectivity index (χ1v) is 8.86. The Morgan fingerprint density at radius 1 is 0.821 bits per heavy atom. The van der Waals surface area contributed by atoms with Crippen molar-refractivity contribution in [2.24, 2.45) is 0 Å². The molecule has 0 aliphatic rings. The molecule has 0 aliphatic heterocycles. The Bertz CT molecular complexity index is 1050. The molecule has 0 atom stereocenters. The third-order valence-corrected chi connectivity index (χ3v) is 4.30. The molecule has 0 aromatic heterocycles. The molecule has 0 fully saturated rings. The van der Waals surface area contributed by atoms with Crippen LogP contribution >= 0.6 is 34.8 Å². The van der Waals surface area contributed by atoms with Crippen LogP contribution in [0, 0.1) is 10.1 Å². The summed E-state index contributed by atoms with van der Waals surface area (Å²) in [4.78, 5) is 22.5. The number of ether oxygens (including phenoxy) is 2. The Balaban J connectivity index is 1.86. The summed E-state index contributed by atoms with van der Waals surface area (Å²) in [6, 6.07) is 14.2. The minimum atomic E-state index is -0.732. The van der Waals surface area contributed by atoms with Gasteiger partial charge in [0.15, 0.2) is 11.5 Å². The summed E-state index contributed by atoms with van der Waals surface area (Å²) >= 11 is 18.0. The molecule has 0 spiro atoms. The van der Waals surface area contributed by atoms with Crippen molar-refractivity contribution >= 4 is 46.5 Å². The van der Waals surface area contributed by atoms with Crippen molar-refractivity contribution in [3.8, 4) is 17.2 Å². The molecule has 0 unspecified atom stereocenters. The molecule has 142 valence electrons. The van der Waals surface area contributed by atoms with E-state index in [9.17, 15) is 14.9 Å². The molecule has 6 nitrogen and oxygen atoms in total. The molecule has 0 saturated carbocycles. The van der Waals surface area contributed by atoms with E-state index in [1.165, 1.54) is 42.5 Å². The van der Waals surface area contributed by atoms with Gasteiger partial charge in [-0.2, -0.15) is 0 Å².